The quantitative estimate of drug-likeness (QED) is 0.0219. The molecule has 3 aromatic rings. The van der Waals surface area contributed by atoms with E-state index in [1.165, 1.54) is 36.5 Å². The van der Waals surface area contributed by atoms with Crippen LogP contribution in [0, 0.1) is 0 Å². The van der Waals surface area contributed by atoms with Crippen LogP contribution in [0.4, 0.5) is 11.4 Å². The van der Waals surface area contributed by atoms with Crippen LogP contribution in [0.2, 0.25) is 0 Å². The lowest BCUT2D eigenvalue weighted by molar-refractivity contribution is -0.438. The first-order valence-electron chi connectivity index (χ1n) is 17.5. The van der Waals surface area contributed by atoms with Crippen LogP contribution in [0.5, 0.6) is 0 Å². The van der Waals surface area contributed by atoms with Crippen molar-refractivity contribution in [3.05, 3.63) is 107 Å². The number of hydrogen-bond donors (Lipinski definition) is 4. The second-order valence-corrected chi connectivity index (χ2v) is 18.7. The lowest BCUT2D eigenvalue weighted by Gasteiger charge is -2.27. The Morgan fingerprint density at radius 3 is 2.33 bits per heavy atom. The number of aromatic carboxylic acids is 1. The van der Waals surface area contributed by atoms with Crippen molar-refractivity contribution in [1.29, 1.82) is 0 Å². The average molecular weight is 880 g/mol. The fourth-order valence-electron chi connectivity index (χ4n) is 7.05. The van der Waals surface area contributed by atoms with Crippen molar-refractivity contribution in [2.45, 2.75) is 61.2 Å². The highest BCUT2D eigenvalue weighted by molar-refractivity contribution is 7.94. The second-order valence-electron chi connectivity index (χ2n) is 14.2. The fourth-order valence-corrected chi connectivity index (χ4v) is 8.81. The number of rotatable bonds is 19. The molecule has 5 rings (SSSR count). The van der Waals surface area contributed by atoms with E-state index in [0.717, 1.165) is 41.0 Å². The minimum atomic E-state index is -4.56. The van der Waals surface area contributed by atoms with E-state index >= 15 is 0 Å². The number of fused-ring (bicyclic) bond motifs is 2. The van der Waals surface area contributed by atoms with Gasteiger partial charge in [-0.2, -0.15) is 21.4 Å². The molecular formula is C37H41N3O14S4. The van der Waals surface area contributed by atoms with E-state index in [-0.39, 0.29) is 23.4 Å². The Balaban J connectivity index is 1.65. The van der Waals surface area contributed by atoms with Crippen LogP contribution < -0.4 is 10.0 Å². The number of carbonyl (C=O) groups excluding carboxylic acids is 1. The Hall–Kier alpha value is -3.97. The highest BCUT2D eigenvalue weighted by Crippen LogP contribution is 2.49. The van der Waals surface area contributed by atoms with E-state index in [1.807, 2.05) is 56.9 Å². The number of pyridine rings is 1. The number of nitrogens with zero attached hydrogens (tertiary/aromatic N) is 3. The molecule has 17 nitrogen and oxygen atoms in total. The summed E-state index contributed by atoms with van der Waals surface area (Å²) in [5.41, 5.74) is 3.68. The van der Waals surface area contributed by atoms with Crippen LogP contribution in [0.1, 0.15) is 67.7 Å². The van der Waals surface area contributed by atoms with E-state index in [2.05, 4.69) is 28.3 Å². The van der Waals surface area contributed by atoms with Gasteiger partial charge in [-0.1, -0.05) is 30.0 Å². The number of anilines is 1. The van der Waals surface area contributed by atoms with Gasteiger partial charge in [0.25, 0.3) is 20.2 Å². The predicted octanol–water partition coefficient (Wildman–Crippen LogP) is 5.56. The van der Waals surface area contributed by atoms with Crippen LogP contribution in [-0.4, -0.2) is 82.3 Å². The van der Waals surface area contributed by atoms with E-state index < -0.39 is 42.8 Å². The van der Waals surface area contributed by atoms with Gasteiger partial charge >= 0.3 is 0 Å². The van der Waals surface area contributed by atoms with E-state index in [0.29, 0.717) is 51.8 Å². The van der Waals surface area contributed by atoms with Crippen molar-refractivity contribution >= 4 is 73.0 Å². The lowest BCUT2D eigenvalue weighted by Crippen LogP contribution is -2.28. The van der Waals surface area contributed by atoms with Crippen LogP contribution in [0.15, 0.2) is 94.5 Å². The topological polar surface area (TPSA) is 245 Å². The van der Waals surface area contributed by atoms with Crippen molar-refractivity contribution in [3.63, 3.8) is 0 Å². The molecular weight excluding hydrogens is 839 g/mol. The summed E-state index contributed by atoms with van der Waals surface area (Å²) >= 11 is 1.75. The van der Waals surface area contributed by atoms with Crippen molar-refractivity contribution in [2.24, 2.45) is 0 Å². The van der Waals surface area contributed by atoms with Gasteiger partial charge in [-0.15, -0.1) is 8.67 Å². The van der Waals surface area contributed by atoms with Gasteiger partial charge in [0.2, 0.25) is 5.69 Å². The minimum Gasteiger partial charge on any atom is -0.545 e. The first-order valence-corrected chi connectivity index (χ1v) is 22.2. The Morgan fingerprint density at radius 1 is 0.948 bits per heavy atom. The molecule has 0 amide bonds. The number of hydrogen-bond acceptors (Lipinski definition) is 16. The summed E-state index contributed by atoms with van der Waals surface area (Å²) in [6.45, 7) is 8.38. The molecule has 2 aliphatic heterocycles. The molecule has 312 valence electrons. The first kappa shape index (κ1) is 45.1. The SMILES string of the molecule is CC1(C)C(/C=C/C(=C/C=C2/N(CCCS(=O)(=O)O)c3ccc(S(=O)(=O)O)cc3C2(C)C)c2ccc(C(=O)[O-])cn2)=[N+](CCCSOOO)c2ccc(SOOO)cc21. The second kappa shape index (κ2) is 18.5. The molecule has 3 heterocycles. The van der Waals surface area contributed by atoms with Crippen LogP contribution in [0.25, 0.3) is 5.57 Å². The monoisotopic (exact) mass is 879 g/mol. The van der Waals surface area contributed by atoms with Gasteiger partial charge in [-0.05, 0) is 80.4 Å². The Morgan fingerprint density at radius 2 is 1.69 bits per heavy atom. The maximum Gasteiger partial charge on any atom is 0.294 e. The third-order valence-corrected chi connectivity index (χ3v) is 12.6. The minimum absolute atomic E-state index is 0.0231. The predicted molar refractivity (Wildman–Crippen MR) is 213 cm³/mol. The molecule has 0 aliphatic carbocycles. The molecule has 2 aromatic carbocycles. The molecule has 0 bridgehead atoms. The number of benzene rings is 2. The zero-order chi connectivity index (χ0) is 42.5. The number of carbonyl (C=O) groups is 1. The van der Waals surface area contributed by atoms with Gasteiger partial charge in [-0.25, -0.2) is 10.5 Å². The molecule has 0 saturated carbocycles. The highest BCUT2D eigenvalue weighted by Gasteiger charge is 2.45. The third-order valence-electron chi connectivity index (χ3n) is 9.79. The molecule has 21 heteroatoms. The first-order chi connectivity index (χ1) is 27.3. The summed E-state index contributed by atoms with van der Waals surface area (Å²) in [5, 5.41) is 36.4. The zero-order valence-corrected chi connectivity index (χ0v) is 34.9. The maximum atomic E-state index is 12.1. The summed E-state index contributed by atoms with van der Waals surface area (Å²) in [6.07, 6.45) is 9.06. The summed E-state index contributed by atoms with van der Waals surface area (Å²) in [4.78, 5) is 18.2. The van der Waals surface area contributed by atoms with Gasteiger partial charge in [0.1, 0.15) is 6.54 Å². The van der Waals surface area contributed by atoms with Crippen molar-refractivity contribution in [3.8, 4) is 0 Å². The fraction of sp³-hybridized carbons (Fsp3) is 0.324. The Bertz CT molecular complexity index is 2380. The molecule has 0 unspecified atom stereocenters. The third kappa shape index (κ3) is 10.4. The summed E-state index contributed by atoms with van der Waals surface area (Å²) in [5.74, 6) is -1.46. The van der Waals surface area contributed by atoms with E-state index in [4.69, 9.17) is 10.5 Å². The molecule has 4 N–H and O–H groups in total. The van der Waals surface area contributed by atoms with Gasteiger partial charge in [-0.3, -0.25) is 14.1 Å². The normalized spacial score (nSPS) is 17.1. The van der Waals surface area contributed by atoms with Gasteiger partial charge in [0.15, 0.2) is 5.71 Å². The summed E-state index contributed by atoms with van der Waals surface area (Å²) in [7, 11) is -8.85. The molecule has 0 saturated heterocycles. The Kier molecular flexibility index (Phi) is 14.4. The highest BCUT2D eigenvalue weighted by atomic mass is 32.2. The van der Waals surface area contributed by atoms with Crippen LogP contribution in [0.3, 0.4) is 0 Å². The van der Waals surface area contributed by atoms with Gasteiger partial charge < -0.3 is 14.8 Å². The number of carboxylic acid groups (broad SMARTS) is 1. The number of allylic oxidation sites excluding steroid dienone is 6. The Labute approximate surface area is 343 Å². The van der Waals surface area contributed by atoms with E-state index in [1.54, 1.807) is 18.2 Å². The van der Waals surface area contributed by atoms with E-state index in [9.17, 15) is 35.8 Å². The molecule has 2 aliphatic rings. The zero-order valence-electron chi connectivity index (χ0n) is 31.6. The molecule has 0 spiro atoms. The average Bonchev–Trinajstić information content (AvgIpc) is 3.50. The van der Waals surface area contributed by atoms with Crippen LogP contribution in [-0.2, 0) is 49.8 Å². The van der Waals surface area contributed by atoms with Crippen molar-refractivity contribution < 1.29 is 69.7 Å². The van der Waals surface area contributed by atoms with Gasteiger partial charge in [0, 0.05) is 87.5 Å². The largest absolute Gasteiger partial charge is 0.545 e. The van der Waals surface area contributed by atoms with Crippen molar-refractivity contribution in [1.82, 2.24) is 4.98 Å². The summed E-state index contributed by atoms with van der Waals surface area (Å²) in [6, 6.07) is 12.7. The molecule has 1 aromatic heterocycles. The van der Waals surface area contributed by atoms with Gasteiger partial charge in [0.05, 0.1) is 39.8 Å². The molecule has 0 atom stereocenters. The maximum absolute atomic E-state index is 12.1. The number of aromatic nitrogens is 1. The smallest absolute Gasteiger partial charge is 0.294 e. The number of carboxylic acids is 1. The van der Waals surface area contributed by atoms with Crippen LogP contribution >= 0.6 is 24.1 Å². The van der Waals surface area contributed by atoms with Crippen molar-refractivity contribution in [2.75, 3.05) is 29.5 Å². The molecule has 58 heavy (non-hydrogen) atoms. The molecule has 0 fully saturated rings. The lowest BCUT2D eigenvalue weighted by atomic mass is 9.81. The standard InChI is InChI=1S/C37H41N3O14S4/c1-36(2)28-21-26(56-54-52-44)10-13-31(28)39(17-5-19-55-53-51-43)33(36)15-8-24(30-12-7-25(23-38-30)35(41)42)9-16-34-37(3,4)29-22-27(58(48,49)50)11-14-32(29)40(34)18-6-20-57(45,46)47/h7-16,21-23H,5-6,17-20H2,1-4H3,(H4-,41,42,43,44,45,46,47,48,49,50). The molecule has 0 radical (unpaired) electrons. The summed E-state index contributed by atoms with van der Waals surface area (Å²) < 4.78 is 78.2.